The highest BCUT2D eigenvalue weighted by Crippen LogP contribution is 2.36. The van der Waals surface area contributed by atoms with E-state index >= 15 is 0 Å². The number of alkyl halides is 3. The maximum Gasteiger partial charge on any atom is 0.419 e. The van der Waals surface area contributed by atoms with E-state index in [1.165, 1.54) is 0 Å². The summed E-state index contributed by atoms with van der Waals surface area (Å²) in [6.07, 6.45) is -3.82. The number of fused-ring (bicyclic) bond motifs is 1. The number of hydrogen-bond acceptors (Lipinski definition) is 3. The lowest BCUT2D eigenvalue weighted by molar-refractivity contribution is -0.137. The van der Waals surface area contributed by atoms with E-state index in [4.69, 9.17) is 5.73 Å². The number of nitrogen functional groups attached to an aromatic ring is 1. The molecule has 2 N–H and O–H groups in total. The molecule has 0 aromatic carbocycles. The second kappa shape index (κ2) is 4.73. The van der Waals surface area contributed by atoms with E-state index in [1.54, 1.807) is 18.2 Å². The van der Waals surface area contributed by atoms with Gasteiger partial charge in [-0.15, -0.1) is 0 Å². The van der Waals surface area contributed by atoms with Crippen molar-refractivity contribution in [3.8, 4) is 22.4 Å². The Labute approximate surface area is 118 Å². The Morgan fingerprint density at radius 1 is 0.905 bits per heavy atom. The molecule has 0 spiro atoms. The molecule has 0 radical (unpaired) electrons. The van der Waals surface area contributed by atoms with Crippen LogP contribution < -0.4 is 5.73 Å². The summed E-state index contributed by atoms with van der Waals surface area (Å²) in [6, 6.07) is 12.3. The smallest absolute Gasteiger partial charge is 0.368 e. The van der Waals surface area contributed by atoms with Crippen LogP contribution in [-0.2, 0) is 6.18 Å². The van der Waals surface area contributed by atoms with E-state index < -0.39 is 11.7 Å². The van der Waals surface area contributed by atoms with Crippen LogP contribution in [0.3, 0.4) is 0 Å². The Morgan fingerprint density at radius 3 is 2.19 bits per heavy atom. The first kappa shape index (κ1) is 13.4. The maximum absolute atomic E-state index is 13.1. The van der Waals surface area contributed by atoms with Crippen molar-refractivity contribution >= 4 is 5.95 Å². The summed E-state index contributed by atoms with van der Waals surface area (Å²) in [7, 11) is 0. The van der Waals surface area contributed by atoms with Gasteiger partial charge in [0.05, 0.1) is 5.69 Å². The Kier molecular flexibility index (Phi) is 3.01. The molecular formula is C15H10F3N3. The van der Waals surface area contributed by atoms with Crippen molar-refractivity contribution in [3.63, 3.8) is 0 Å². The molecule has 1 aromatic rings. The quantitative estimate of drug-likeness (QED) is 0.740. The van der Waals surface area contributed by atoms with Crippen molar-refractivity contribution in [3.05, 3.63) is 54.2 Å². The SMILES string of the molecule is Nc1ncc(C(F)(F)F)c(-c2cccc3cccc-3c2)n1. The van der Waals surface area contributed by atoms with Crippen LogP contribution in [0.1, 0.15) is 5.56 Å². The van der Waals surface area contributed by atoms with E-state index in [0.29, 0.717) is 11.8 Å². The summed E-state index contributed by atoms with van der Waals surface area (Å²) in [5.41, 5.74) is 6.45. The van der Waals surface area contributed by atoms with Crippen molar-refractivity contribution in [2.45, 2.75) is 6.18 Å². The second-order valence-electron chi connectivity index (χ2n) is 4.55. The third kappa shape index (κ3) is 2.52. The van der Waals surface area contributed by atoms with Gasteiger partial charge in [0.1, 0.15) is 5.56 Å². The molecule has 3 rings (SSSR count). The lowest BCUT2D eigenvalue weighted by Crippen LogP contribution is -2.10. The van der Waals surface area contributed by atoms with Crippen LogP contribution in [0.4, 0.5) is 19.1 Å². The number of anilines is 1. The van der Waals surface area contributed by atoms with Gasteiger partial charge in [-0.1, -0.05) is 36.4 Å². The first-order valence-electron chi connectivity index (χ1n) is 6.14. The molecule has 3 nitrogen and oxygen atoms in total. The van der Waals surface area contributed by atoms with Crippen LogP contribution >= 0.6 is 0 Å². The molecule has 1 heterocycles. The highest BCUT2D eigenvalue weighted by molar-refractivity contribution is 5.74. The highest BCUT2D eigenvalue weighted by Gasteiger charge is 2.35. The standard InChI is InChI=1S/C15H10F3N3/c16-15(17,18)12-8-20-14(19)21-13(12)11-6-2-4-9-3-1-5-10(9)7-11/h1-8H,(H2,19,20,21). The summed E-state index contributed by atoms with van der Waals surface area (Å²) < 4.78 is 39.3. The van der Waals surface area contributed by atoms with Crippen molar-refractivity contribution in [1.29, 1.82) is 0 Å². The largest absolute Gasteiger partial charge is 0.419 e. The minimum Gasteiger partial charge on any atom is -0.368 e. The van der Waals surface area contributed by atoms with Crippen molar-refractivity contribution < 1.29 is 13.2 Å². The zero-order chi connectivity index (χ0) is 15.0. The van der Waals surface area contributed by atoms with Crippen molar-refractivity contribution in [1.82, 2.24) is 9.97 Å². The Balaban J connectivity index is 2.25. The second-order valence-corrected chi connectivity index (χ2v) is 4.55. The van der Waals surface area contributed by atoms with Crippen LogP contribution in [0.25, 0.3) is 22.4 Å². The Morgan fingerprint density at radius 2 is 1.52 bits per heavy atom. The number of nitrogens with two attached hydrogens (primary N) is 1. The minimum absolute atomic E-state index is 0.191. The fraction of sp³-hybridized carbons (Fsp3) is 0.0667. The van der Waals surface area contributed by atoms with Gasteiger partial charge >= 0.3 is 6.18 Å². The Bertz CT molecular complexity index is 768. The van der Waals surface area contributed by atoms with Gasteiger partial charge < -0.3 is 5.73 Å². The number of nitrogens with zero attached hydrogens (tertiary/aromatic N) is 2. The summed E-state index contributed by atoms with van der Waals surface area (Å²) in [6.45, 7) is 0. The van der Waals surface area contributed by atoms with Crippen LogP contribution in [0.15, 0.2) is 48.7 Å². The third-order valence-corrected chi connectivity index (χ3v) is 3.13. The molecule has 21 heavy (non-hydrogen) atoms. The van der Waals surface area contributed by atoms with Crippen LogP contribution in [-0.4, -0.2) is 9.97 Å². The highest BCUT2D eigenvalue weighted by atomic mass is 19.4. The zero-order valence-corrected chi connectivity index (χ0v) is 10.7. The van der Waals surface area contributed by atoms with Gasteiger partial charge in [-0.2, -0.15) is 13.2 Å². The van der Waals surface area contributed by atoms with E-state index in [-0.39, 0.29) is 11.6 Å². The molecule has 0 saturated carbocycles. The lowest BCUT2D eigenvalue weighted by atomic mass is 10.1. The topological polar surface area (TPSA) is 51.8 Å². The molecule has 0 unspecified atom stereocenters. The molecule has 2 aliphatic rings. The molecule has 0 bridgehead atoms. The van der Waals surface area contributed by atoms with E-state index in [9.17, 15) is 13.2 Å². The molecule has 0 amide bonds. The van der Waals surface area contributed by atoms with Gasteiger partial charge in [-0.25, -0.2) is 9.97 Å². The normalized spacial score (nSPS) is 11.8. The van der Waals surface area contributed by atoms with Gasteiger partial charge in [-0.05, 0) is 17.2 Å². The zero-order valence-electron chi connectivity index (χ0n) is 10.7. The fourth-order valence-electron chi connectivity index (χ4n) is 2.17. The molecular weight excluding hydrogens is 279 g/mol. The predicted molar refractivity (Wildman–Crippen MR) is 73.5 cm³/mol. The van der Waals surface area contributed by atoms with Crippen LogP contribution in [0.2, 0.25) is 0 Å². The van der Waals surface area contributed by atoms with Gasteiger partial charge in [0, 0.05) is 11.8 Å². The van der Waals surface area contributed by atoms with Gasteiger partial charge in [-0.3, -0.25) is 0 Å². The summed E-state index contributed by atoms with van der Waals surface area (Å²) >= 11 is 0. The first-order chi connectivity index (χ1) is 9.95. The van der Waals surface area contributed by atoms with E-state index in [1.807, 2.05) is 24.3 Å². The number of aromatic nitrogens is 2. The van der Waals surface area contributed by atoms with Crippen molar-refractivity contribution in [2.75, 3.05) is 5.73 Å². The fourth-order valence-corrected chi connectivity index (χ4v) is 2.17. The molecule has 1 aromatic heterocycles. The van der Waals surface area contributed by atoms with Gasteiger partial charge in [0.25, 0.3) is 0 Å². The maximum atomic E-state index is 13.1. The van der Waals surface area contributed by atoms with Gasteiger partial charge in [0.15, 0.2) is 0 Å². The lowest BCUT2D eigenvalue weighted by Gasteiger charge is -2.11. The summed E-state index contributed by atoms with van der Waals surface area (Å²) in [5, 5.41) is 0. The minimum atomic E-state index is -4.54. The van der Waals surface area contributed by atoms with Gasteiger partial charge in [0.2, 0.25) is 5.95 Å². The molecule has 6 heteroatoms. The van der Waals surface area contributed by atoms with Crippen LogP contribution in [0.5, 0.6) is 0 Å². The summed E-state index contributed by atoms with van der Waals surface area (Å²) in [5.74, 6) is -0.191. The number of rotatable bonds is 1. The molecule has 0 aliphatic heterocycles. The number of hydrogen-bond donors (Lipinski definition) is 1. The summed E-state index contributed by atoms with van der Waals surface area (Å²) in [4.78, 5) is 7.22. The molecule has 0 saturated heterocycles. The Hall–Kier alpha value is -2.63. The molecule has 0 fully saturated rings. The number of halogens is 3. The monoisotopic (exact) mass is 289 g/mol. The third-order valence-electron chi connectivity index (χ3n) is 3.13. The van der Waals surface area contributed by atoms with Crippen LogP contribution in [0, 0.1) is 0 Å². The average molecular weight is 289 g/mol. The average Bonchev–Trinajstić information content (AvgIpc) is 2.74. The predicted octanol–water partition coefficient (Wildman–Crippen LogP) is 3.85. The molecule has 0 atom stereocenters. The molecule has 2 aliphatic carbocycles. The van der Waals surface area contributed by atoms with E-state index in [2.05, 4.69) is 9.97 Å². The molecule has 106 valence electrons. The first-order valence-corrected chi connectivity index (χ1v) is 6.14. The van der Waals surface area contributed by atoms with E-state index in [0.717, 1.165) is 11.1 Å². The van der Waals surface area contributed by atoms with Crippen molar-refractivity contribution in [2.24, 2.45) is 0 Å².